The van der Waals surface area contributed by atoms with E-state index in [9.17, 15) is 13.2 Å². The van der Waals surface area contributed by atoms with E-state index in [1.807, 2.05) is 24.3 Å². The number of rotatable bonds is 4. The molecule has 1 aliphatic rings. The highest BCUT2D eigenvalue weighted by atomic mass is 32.2. The summed E-state index contributed by atoms with van der Waals surface area (Å²) in [4.78, 5) is 16.4. The van der Waals surface area contributed by atoms with Crippen molar-refractivity contribution in [2.24, 2.45) is 5.92 Å². The van der Waals surface area contributed by atoms with Gasteiger partial charge in [-0.25, -0.2) is 12.7 Å². The Kier molecular flexibility index (Phi) is 4.32. The second-order valence-corrected chi connectivity index (χ2v) is 7.88. The maximum absolute atomic E-state index is 12.2. The van der Waals surface area contributed by atoms with E-state index >= 15 is 0 Å². The average molecular weight is 333 g/mol. The smallest absolute Gasteiger partial charge is 0.269 e. The molecule has 1 fully saturated rings. The van der Waals surface area contributed by atoms with Gasteiger partial charge in [-0.3, -0.25) is 9.78 Å². The Bertz CT molecular complexity index is 835. The second kappa shape index (κ2) is 6.25. The van der Waals surface area contributed by atoms with Crippen LogP contribution in [0.25, 0.3) is 10.8 Å². The van der Waals surface area contributed by atoms with Gasteiger partial charge < -0.3 is 5.32 Å². The van der Waals surface area contributed by atoms with Crippen molar-refractivity contribution in [3.63, 3.8) is 0 Å². The molecule has 1 N–H and O–H groups in total. The van der Waals surface area contributed by atoms with Gasteiger partial charge in [-0.1, -0.05) is 24.3 Å². The summed E-state index contributed by atoms with van der Waals surface area (Å²) in [5.41, 5.74) is 0.377. The van der Waals surface area contributed by atoms with Crippen LogP contribution in [0.5, 0.6) is 0 Å². The predicted octanol–water partition coefficient (Wildman–Crippen LogP) is 1.25. The van der Waals surface area contributed by atoms with Gasteiger partial charge in [0.25, 0.3) is 5.91 Å². The van der Waals surface area contributed by atoms with Gasteiger partial charge in [0, 0.05) is 31.2 Å². The standard InChI is InChI=1S/C16H19N3O3S/c1-23(21,22)19-7-6-12(11-19)9-18-16(20)15-8-13-4-2-3-5-14(13)10-17-15/h2-5,8,10,12H,6-7,9,11H2,1H3,(H,18,20). The Morgan fingerprint density at radius 2 is 2.09 bits per heavy atom. The Morgan fingerprint density at radius 1 is 1.35 bits per heavy atom. The van der Waals surface area contributed by atoms with E-state index in [2.05, 4.69) is 10.3 Å². The molecule has 1 unspecified atom stereocenters. The van der Waals surface area contributed by atoms with Crippen molar-refractivity contribution in [2.45, 2.75) is 6.42 Å². The van der Waals surface area contributed by atoms with Crippen LogP contribution in [0, 0.1) is 5.92 Å². The lowest BCUT2D eigenvalue weighted by atomic mass is 10.1. The molecule has 1 saturated heterocycles. The molecule has 0 bridgehead atoms. The number of nitrogens with one attached hydrogen (secondary N) is 1. The van der Waals surface area contributed by atoms with Crippen LogP contribution < -0.4 is 5.32 Å². The van der Waals surface area contributed by atoms with Crippen molar-refractivity contribution in [3.8, 4) is 0 Å². The fourth-order valence-corrected chi connectivity index (χ4v) is 3.72. The van der Waals surface area contributed by atoms with Crippen LogP contribution in [-0.2, 0) is 10.0 Å². The minimum atomic E-state index is -3.14. The number of nitrogens with zero attached hydrogens (tertiary/aromatic N) is 2. The molecule has 7 heteroatoms. The van der Waals surface area contributed by atoms with Crippen LogP contribution >= 0.6 is 0 Å². The third kappa shape index (κ3) is 3.68. The zero-order valence-electron chi connectivity index (χ0n) is 12.9. The third-order valence-electron chi connectivity index (χ3n) is 4.13. The van der Waals surface area contributed by atoms with Crippen molar-refractivity contribution in [2.75, 3.05) is 25.9 Å². The first kappa shape index (κ1) is 15.9. The molecule has 2 aromatic rings. The number of pyridine rings is 1. The molecule has 1 amide bonds. The summed E-state index contributed by atoms with van der Waals surface area (Å²) in [5.74, 6) is -0.0808. The van der Waals surface area contributed by atoms with E-state index in [4.69, 9.17) is 0 Å². The zero-order chi connectivity index (χ0) is 16.4. The van der Waals surface area contributed by atoms with Crippen molar-refractivity contribution in [3.05, 3.63) is 42.2 Å². The maximum Gasteiger partial charge on any atom is 0.269 e. The van der Waals surface area contributed by atoms with E-state index in [1.54, 1.807) is 12.3 Å². The number of carbonyl (C=O) groups excluding carboxylic acids is 1. The monoisotopic (exact) mass is 333 g/mol. The quantitative estimate of drug-likeness (QED) is 0.913. The second-order valence-electron chi connectivity index (χ2n) is 5.90. The van der Waals surface area contributed by atoms with E-state index in [-0.39, 0.29) is 11.8 Å². The number of hydrogen-bond acceptors (Lipinski definition) is 4. The Labute approximate surface area is 135 Å². The molecule has 1 aromatic carbocycles. The first-order valence-corrected chi connectivity index (χ1v) is 9.36. The summed E-state index contributed by atoms with van der Waals surface area (Å²) in [5, 5.41) is 4.81. The molecule has 6 nitrogen and oxygen atoms in total. The molecular formula is C16H19N3O3S. The van der Waals surface area contributed by atoms with Gasteiger partial charge in [-0.05, 0) is 23.8 Å². The first-order chi connectivity index (χ1) is 10.9. The summed E-state index contributed by atoms with van der Waals surface area (Å²) in [6.45, 7) is 1.44. The Hall–Kier alpha value is -1.99. The summed E-state index contributed by atoms with van der Waals surface area (Å²) >= 11 is 0. The minimum absolute atomic E-state index is 0.147. The number of benzene rings is 1. The summed E-state index contributed by atoms with van der Waals surface area (Å²) in [6, 6.07) is 9.50. The number of carbonyl (C=O) groups is 1. The molecule has 0 aliphatic carbocycles. The van der Waals surface area contributed by atoms with E-state index in [1.165, 1.54) is 10.6 Å². The van der Waals surface area contributed by atoms with Gasteiger partial charge in [-0.15, -0.1) is 0 Å². The van der Waals surface area contributed by atoms with Gasteiger partial charge in [0.05, 0.1) is 6.26 Å². The lowest BCUT2D eigenvalue weighted by Crippen LogP contribution is -2.32. The number of fused-ring (bicyclic) bond motifs is 1. The molecule has 1 atom stereocenters. The van der Waals surface area contributed by atoms with Crippen molar-refractivity contribution in [1.29, 1.82) is 0 Å². The molecule has 23 heavy (non-hydrogen) atoms. The predicted molar refractivity (Wildman–Crippen MR) is 88.6 cm³/mol. The van der Waals surface area contributed by atoms with Crippen LogP contribution in [0.4, 0.5) is 0 Å². The average Bonchev–Trinajstić information content (AvgIpc) is 3.01. The summed E-state index contributed by atoms with van der Waals surface area (Å²) in [7, 11) is -3.14. The molecule has 0 spiro atoms. The van der Waals surface area contributed by atoms with Gasteiger partial charge >= 0.3 is 0 Å². The lowest BCUT2D eigenvalue weighted by molar-refractivity contribution is 0.0943. The minimum Gasteiger partial charge on any atom is -0.350 e. The van der Waals surface area contributed by atoms with Crippen molar-refractivity contribution in [1.82, 2.24) is 14.6 Å². The largest absolute Gasteiger partial charge is 0.350 e. The Balaban J connectivity index is 1.61. The normalized spacial score (nSPS) is 19.1. The number of amides is 1. The molecule has 0 saturated carbocycles. The molecule has 0 radical (unpaired) electrons. The van der Waals surface area contributed by atoms with Crippen LogP contribution in [0.15, 0.2) is 36.5 Å². The van der Waals surface area contributed by atoms with Crippen molar-refractivity contribution >= 4 is 26.7 Å². The fraction of sp³-hybridized carbons (Fsp3) is 0.375. The highest BCUT2D eigenvalue weighted by molar-refractivity contribution is 7.88. The molecule has 2 heterocycles. The van der Waals surface area contributed by atoms with E-state index in [0.29, 0.717) is 25.3 Å². The van der Waals surface area contributed by atoms with Gasteiger partial charge in [-0.2, -0.15) is 0 Å². The first-order valence-electron chi connectivity index (χ1n) is 7.51. The SMILES string of the molecule is CS(=O)(=O)N1CCC(CNC(=O)c2cc3ccccc3cn2)C1. The topological polar surface area (TPSA) is 79.4 Å². The number of aromatic nitrogens is 1. The van der Waals surface area contributed by atoms with Gasteiger partial charge in [0.15, 0.2) is 0 Å². The highest BCUT2D eigenvalue weighted by Crippen LogP contribution is 2.18. The van der Waals surface area contributed by atoms with Crippen LogP contribution in [-0.4, -0.2) is 49.5 Å². The van der Waals surface area contributed by atoms with Crippen LogP contribution in [0.2, 0.25) is 0 Å². The molecule has 1 aliphatic heterocycles. The van der Waals surface area contributed by atoms with E-state index < -0.39 is 10.0 Å². The molecule has 3 rings (SSSR count). The maximum atomic E-state index is 12.2. The summed E-state index contributed by atoms with van der Waals surface area (Å²) < 4.78 is 24.4. The van der Waals surface area contributed by atoms with Crippen molar-refractivity contribution < 1.29 is 13.2 Å². The highest BCUT2D eigenvalue weighted by Gasteiger charge is 2.28. The lowest BCUT2D eigenvalue weighted by Gasteiger charge is -2.13. The molecule has 122 valence electrons. The number of sulfonamides is 1. The zero-order valence-corrected chi connectivity index (χ0v) is 13.7. The molecule has 1 aromatic heterocycles. The van der Waals surface area contributed by atoms with E-state index in [0.717, 1.165) is 17.2 Å². The Morgan fingerprint density at radius 3 is 2.78 bits per heavy atom. The van der Waals surface area contributed by atoms with Gasteiger partial charge in [0.2, 0.25) is 10.0 Å². The fourth-order valence-electron chi connectivity index (χ4n) is 2.80. The van der Waals surface area contributed by atoms with Gasteiger partial charge in [0.1, 0.15) is 5.69 Å². The molecular weight excluding hydrogens is 314 g/mol. The van der Waals surface area contributed by atoms with Crippen LogP contribution in [0.1, 0.15) is 16.9 Å². The summed E-state index contributed by atoms with van der Waals surface area (Å²) in [6.07, 6.45) is 3.66. The third-order valence-corrected chi connectivity index (χ3v) is 5.40. The number of hydrogen-bond donors (Lipinski definition) is 1. The van der Waals surface area contributed by atoms with Crippen LogP contribution in [0.3, 0.4) is 0 Å².